The summed E-state index contributed by atoms with van der Waals surface area (Å²) in [5.74, 6) is 0.483. The number of carbonyl (C=O) groups is 1. The highest BCUT2D eigenvalue weighted by molar-refractivity contribution is 5.87. The van der Waals surface area contributed by atoms with Gasteiger partial charge in [0.1, 0.15) is 0 Å². The van der Waals surface area contributed by atoms with Crippen LogP contribution in [0.3, 0.4) is 0 Å². The number of hydrogen-bond acceptors (Lipinski definition) is 3. The van der Waals surface area contributed by atoms with Gasteiger partial charge in [0.05, 0.1) is 11.6 Å². The number of nitrogens with two attached hydrogens (primary N) is 1. The lowest BCUT2D eigenvalue weighted by atomic mass is 9.94. The van der Waals surface area contributed by atoms with Gasteiger partial charge in [-0.25, -0.2) is 0 Å². The molecule has 1 amide bonds. The first kappa shape index (κ1) is 12.6. The van der Waals surface area contributed by atoms with E-state index in [1.807, 2.05) is 30.2 Å². The number of amides is 1. The summed E-state index contributed by atoms with van der Waals surface area (Å²) in [7, 11) is 0. The standard InChI is InChI=1S/C15H21N3O/c1-15(16,12-6-7-12)14(19)18-9-3-5-13(18)11-4-2-8-17-10-11/h2,4,8,10,12-13H,3,5-7,9,16H2,1H3. The van der Waals surface area contributed by atoms with Gasteiger partial charge in [-0.3, -0.25) is 9.78 Å². The Labute approximate surface area is 114 Å². The SMILES string of the molecule is CC(N)(C(=O)N1CCCC1c1cccnc1)C1CC1. The minimum Gasteiger partial charge on any atom is -0.334 e. The third-order valence-corrected chi connectivity index (χ3v) is 4.47. The number of carbonyl (C=O) groups excluding carboxylic acids is 1. The molecule has 2 unspecified atom stereocenters. The molecule has 1 aromatic heterocycles. The molecule has 2 fully saturated rings. The molecule has 0 bridgehead atoms. The Morgan fingerprint density at radius 1 is 1.47 bits per heavy atom. The number of aromatic nitrogens is 1. The highest BCUT2D eigenvalue weighted by Gasteiger charge is 2.47. The van der Waals surface area contributed by atoms with Crippen LogP contribution in [0.5, 0.6) is 0 Å². The van der Waals surface area contributed by atoms with Crippen LogP contribution < -0.4 is 5.73 Å². The monoisotopic (exact) mass is 259 g/mol. The highest BCUT2D eigenvalue weighted by Crippen LogP contribution is 2.41. The van der Waals surface area contributed by atoms with Crippen LogP contribution in [0.1, 0.15) is 44.2 Å². The van der Waals surface area contributed by atoms with Gasteiger partial charge in [0.25, 0.3) is 0 Å². The van der Waals surface area contributed by atoms with Crippen molar-refractivity contribution in [3.8, 4) is 0 Å². The van der Waals surface area contributed by atoms with Crippen LogP contribution in [0.4, 0.5) is 0 Å². The molecular formula is C15H21N3O. The number of likely N-dealkylation sites (tertiary alicyclic amines) is 1. The maximum Gasteiger partial charge on any atom is 0.243 e. The highest BCUT2D eigenvalue weighted by atomic mass is 16.2. The Hall–Kier alpha value is -1.42. The number of hydrogen-bond donors (Lipinski definition) is 1. The molecule has 1 aliphatic carbocycles. The van der Waals surface area contributed by atoms with E-state index in [2.05, 4.69) is 4.98 Å². The molecule has 4 nitrogen and oxygen atoms in total. The lowest BCUT2D eigenvalue weighted by molar-refractivity contribution is -0.138. The fourth-order valence-electron chi connectivity index (χ4n) is 3.10. The number of rotatable bonds is 3. The maximum absolute atomic E-state index is 12.7. The number of nitrogens with zero attached hydrogens (tertiary/aromatic N) is 2. The van der Waals surface area contributed by atoms with Gasteiger partial charge < -0.3 is 10.6 Å². The summed E-state index contributed by atoms with van der Waals surface area (Å²) in [4.78, 5) is 18.8. The Morgan fingerprint density at radius 3 is 2.89 bits per heavy atom. The molecular weight excluding hydrogens is 238 g/mol. The van der Waals surface area contributed by atoms with Crippen molar-refractivity contribution in [1.29, 1.82) is 0 Å². The Morgan fingerprint density at radius 2 is 2.26 bits per heavy atom. The third-order valence-electron chi connectivity index (χ3n) is 4.47. The van der Waals surface area contributed by atoms with Gasteiger partial charge in [0.15, 0.2) is 0 Å². The molecule has 2 heterocycles. The Bertz CT molecular complexity index is 468. The molecule has 4 heteroatoms. The molecule has 19 heavy (non-hydrogen) atoms. The van der Waals surface area contributed by atoms with E-state index in [1.54, 1.807) is 6.20 Å². The summed E-state index contributed by atoms with van der Waals surface area (Å²) in [6.45, 7) is 2.71. The van der Waals surface area contributed by atoms with E-state index in [9.17, 15) is 4.79 Å². The minimum atomic E-state index is -0.690. The van der Waals surface area contributed by atoms with Crippen LogP contribution in [-0.4, -0.2) is 27.9 Å². The van der Waals surface area contributed by atoms with Gasteiger partial charge in [-0.2, -0.15) is 0 Å². The predicted octanol–water partition coefficient (Wildman–Crippen LogP) is 1.87. The molecule has 0 radical (unpaired) electrons. The van der Waals surface area contributed by atoms with Gasteiger partial charge in [0, 0.05) is 18.9 Å². The van der Waals surface area contributed by atoms with Crippen LogP contribution in [0.25, 0.3) is 0 Å². The van der Waals surface area contributed by atoms with Crippen LogP contribution in [0, 0.1) is 5.92 Å². The zero-order chi connectivity index (χ0) is 13.5. The molecule has 2 N–H and O–H groups in total. The van der Waals surface area contributed by atoms with Gasteiger partial charge in [0.2, 0.25) is 5.91 Å². The van der Waals surface area contributed by atoms with E-state index in [0.29, 0.717) is 5.92 Å². The number of pyridine rings is 1. The van der Waals surface area contributed by atoms with E-state index in [-0.39, 0.29) is 11.9 Å². The summed E-state index contributed by atoms with van der Waals surface area (Å²) in [5.41, 5.74) is 6.71. The normalized spacial score (nSPS) is 26.2. The molecule has 1 aromatic rings. The first-order valence-corrected chi connectivity index (χ1v) is 7.10. The first-order valence-electron chi connectivity index (χ1n) is 7.10. The van der Waals surface area contributed by atoms with E-state index in [4.69, 9.17) is 5.73 Å². The second-order valence-electron chi connectivity index (χ2n) is 6.00. The fraction of sp³-hybridized carbons (Fsp3) is 0.600. The second-order valence-corrected chi connectivity index (χ2v) is 6.00. The van der Waals surface area contributed by atoms with Crippen LogP contribution in [-0.2, 0) is 4.79 Å². The summed E-state index contributed by atoms with van der Waals surface area (Å²) >= 11 is 0. The second kappa shape index (κ2) is 4.60. The van der Waals surface area contributed by atoms with Gasteiger partial charge in [-0.15, -0.1) is 0 Å². The molecule has 102 valence electrons. The zero-order valence-corrected chi connectivity index (χ0v) is 11.4. The summed E-state index contributed by atoms with van der Waals surface area (Å²) < 4.78 is 0. The zero-order valence-electron chi connectivity index (χ0n) is 11.4. The lowest BCUT2D eigenvalue weighted by Crippen LogP contribution is -2.54. The van der Waals surface area contributed by atoms with Gasteiger partial charge in [-0.05, 0) is 50.2 Å². The Balaban J connectivity index is 1.82. The van der Waals surface area contributed by atoms with Crippen LogP contribution in [0.15, 0.2) is 24.5 Å². The van der Waals surface area contributed by atoms with Crippen LogP contribution >= 0.6 is 0 Å². The van der Waals surface area contributed by atoms with Crippen molar-refractivity contribution >= 4 is 5.91 Å². The van der Waals surface area contributed by atoms with Crippen molar-refractivity contribution in [2.75, 3.05) is 6.54 Å². The molecule has 1 saturated heterocycles. The van der Waals surface area contributed by atoms with Gasteiger partial charge >= 0.3 is 0 Å². The van der Waals surface area contributed by atoms with Gasteiger partial charge in [-0.1, -0.05) is 6.07 Å². The maximum atomic E-state index is 12.7. The average Bonchev–Trinajstić information content (AvgIpc) is 3.18. The largest absolute Gasteiger partial charge is 0.334 e. The van der Waals surface area contributed by atoms with Crippen molar-refractivity contribution in [2.24, 2.45) is 11.7 Å². The van der Waals surface area contributed by atoms with E-state index < -0.39 is 5.54 Å². The average molecular weight is 259 g/mol. The van der Waals surface area contributed by atoms with E-state index >= 15 is 0 Å². The molecule has 1 aliphatic heterocycles. The van der Waals surface area contributed by atoms with E-state index in [1.165, 1.54) is 0 Å². The molecule has 1 saturated carbocycles. The van der Waals surface area contributed by atoms with Crippen molar-refractivity contribution in [3.05, 3.63) is 30.1 Å². The smallest absolute Gasteiger partial charge is 0.243 e. The molecule has 3 rings (SSSR count). The lowest BCUT2D eigenvalue weighted by Gasteiger charge is -2.33. The Kier molecular flexibility index (Phi) is 3.05. The summed E-state index contributed by atoms with van der Waals surface area (Å²) in [6.07, 6.45) is 7.86. The predicted molar refractivity (Wildman–Crippen MR) is 73.2 cm³/mol. The molecule has 0 aromatic carbocycles. The summed E-state index contributed by atoms with van der Waals surface area (Å²) in [5, 5.41) is 0. The molecule has 2 aliphatic rings. The summed E-state index contributed by atoms with van der Waals surface area (Å²) in [6, 6.07) is 4.13. The molecule has 0 spiro atoms. The molecule has 2 atom stereocenters. The van der Waals surface area contributed by atoms with Crippen molar-refractivity contribution < 1.29 is 4.79 Å². The topological polar surface area (TPSA) is 59.2 Å². The van der Waals surface area contributed by atoms with Crippen molar-refractivity contribution in [1.82, 2.24) is 9.88 Å². The van der Waals surface area contributed by atoms with Crippen molar-refractivity contribution in [3.63, 3.8) is 0 Å². The third kappa shape index (κ3) is 2.25. The first-order chi connectivity index (χ1) is 9.10. The van der Waals surface area contributed by atoms with E-state index in [0.717, 1.165) is 37.8 Å². The minimum absolute atomic E-state index is 0.112. The van der Waals surface area contributed by atoms with Crippen molar-refractivity contribution in [2.45, 2.75) is 44.2 Å². The quantitative estimate of drug-likeness (QED) is 0.901. The fourth-order valence-corrected chi connectivity index (χ4v) is 3.10. The van der Waals surface area contributed by atoms with Crippen LogP contribution in [0.2, 0.25) is 0 Å².